The van der Waals surface area contributed by atoms with E-state index in [1.54, 1.807) is 21.0 Å². The van der Waals surface area contributed by atoms with Crippen LogP contribution in [0.3, 0.4) is 0 Å². The predicted octanol–water partition coefficient (Wildman–Crippen LogP) is 3.49. The first-order chi connectivity index (χ1) is 12.4. The first kappa shape index (κ1) is 19.6. The molecule has 4 heteroatoms. The molecular formula is C22H25NO3. The van der Waals surface area contributed by atoms with Crippen LogP contribution in [0.25, 0.3) is 0 Å². The Kier molecular flexibility index (Phi) is 6.82. The fraction of sp³-hybridized carbons (Fsp3) is 0.318. The molecule has 4 nitrogen and oxygen atoms in total. The Morgan fingerprint density at radius 2 is 1.88 bits per heavy atom. The Balaban J connectivity index is 1.82. The summed E-state index contributed by atoms with van der Waals surface area (Å²) in [6, 6.07) is 15.9. The van der Waals surface area contributed by atoms with Gasteiger partial charge in [-0.05, 0) is 62.2 Å². The van der Waals surface area contributed by atoms with Crippen LogP contribution in [-0.2, 0) is 17.8 Å². The Morgan fingerprint density at radius 1 is 1.15 bits per heavy atom. The number of ether oxygens (including phenoxy) is 1. The largest absolute Gasteiger partial charge is 0.497 e. The monoisotopic (exact) mass is 351 g/mol. The molecule has 0 aromatic heterocycles. The number of carboxylic acids is 1. The fourth-order valence-corrected chi connectivity index (χ4v) is 2.28. The molecule has 0 amide bonds. The molecule has 0 heterocycles. The van der Waals surface area contributed by atoms with E-state index in [0.29, 0.717) is 0 Å². The average Bonchev–Trinajstić information content (AvgIpc) is 2.64. The number of methoxy groups -OCH3 is 1. The summed E-state index contributed by atoms with van der Waals surface area (Å²) in [5, 5.41) is 12.5. The second-order valence-corrected chi connectivity index (χ2v) is 6.66. The van der Waals surface area contributed by atoms with E-state index in [1.807, 2.05) is 42.5 Å². The van der Waals surface area contributed by atoms with Crippen LogP contribution in [0.2, 0.25) is 0 Å². The van der Waals surface area contributed by atoms with E-state index >= 15 is 0 Å². The van der Waals surface area contributed by atoms with Crippen molar-refractivity contribution in [2.45, 2.75) is 26.8 Å². The molecular weight excluding hydrogens is 326 g/mol. The molecule has 136 valence electrons. The van der Waals surface area contributed by atoms with Crippen molar-refractivity contribution < 1.29 is 14.6 Å². The van der Waals surface area contributed by atoms with E-state index in [4.69, 9.17) is 9.84 Å². The predicted molar refractivity (Wildman–Crippen MR) is 103 cm³/mol. The summed E-state index contributed by atoms with van der Waals surface area (Å²) in [5.41, 5.74) is 2.18. The standard InChI is InChI=1S/C22H25NO3/c1-22(2,21(24)25)13-11-17-7-9-19(10-8-17)16-23-14-12-18-5-4-6-20(15-18)26-3/h4-10,15,23H,12,14,16H2,1-3H3,(H,24,25). The van der Waals surface area contributed by atoms with Crippen molar-refractivity contribution in [2.75, 3.05) is 13.7 Å². The molecule has 2 rings (SSSR count). The molecule has 0 radical (unpaired) electrons. The SMILES string of the molecule is COc1cccc(CCNCc2ccc(C#CC(C)(C)C(=O)O)cc2)c1. The number of nitrogens with one attached hydrogen (secondary N) is 1. The first-order valence-corrected chi connectivity index (χ1v) is 8.60. The van der Waals surface area contributed by atoms with Crippen molar-refractivity contribution in [3.8, 4) is 17.6 Å². The third-order valence-electron chi connectivity index (χ3n) is 4.06. The highest BCUT2D eigenvalue weighted by molar-refractivity contribution is 5.77. The number of hydrogen-bond acceptors (Lipinski definition) is 3. The van der Waals surface area contributed by atoms with E-state index in [2.05, 4.69) is 23.2 Å². The number of carboxylic acid groups (broad SMARTS) is 1. The van der Waals surface area contributed by atoms with Crippen LogP contribution < -0.4 is 10.1 Å². The lowest BCUT2D eigenvalue weighted by molar-refractivity contribution is -0.143. The van der Waals surface area contributed by atoms with Crippen molar-refractivity contribution in [1.29, 1.82) is 0 Å². The van der Waals surface area contributed by atoms with Gasteiger partial charge in [-0.25, -0.2) is 0 Å². The molecule has 0 aliphatic rings. The van der Waals surface area contributed by atoms with Gasteiger partial charge in [0.2, 0.25) is 0 Å². The van der Waals surface area contributed by atoms with E-state index in [1.165, 1.54) is 11.1 Å². The van der Waals surface area contributed by atoms with Crippen LogP contribution in [0.5, 0.6) is 5.75 Å². The second kappa shape index (κ2) is 9.07. The number of hydrogen-bond donors (Lipinski definition) is 2. The maximum atomic E-state index is 11.1. The Labute approximate surface area is 155 Å². The molecule has 2 N–H and O–H groups in total. The molecule has 0 unspecified atom stereocenters. The summed E-state index contributed by atoms with van der Waals surface area (Å²) in [5.74, 6) is 5.69. The van der Waals surface area contributed by atoms with Crippen molar-refractivity contribution in [3.05, 3.63) is 65.2 Å². The van der Waals surface area contributed by atoms with Crippen LogP contribution in [0.1, 0.15) is 30.5 Å². The van der Waals surface area contributed by atoms with Gasteiger partial charge in [-0.2, -0.15) is 0 Å². The zero-order valence-corrected chi connectivity index (χ0v) is 15.5. The molecule has 0 aliphatic heterocycles. The van der Waals surface area contributed by atoms with Gasteiger partial charge in [0.15, 0.2) is 0 Å². The summed E-state index contributed by atoms with van der Waals surface area (Å²) < 4.78 is 5.23. The Morgan fingerprint density at radius 3 is 2.54 bits per heavy atom. The maximum Gasteiger partial charge on any atom is 0.321 e. The quantitative estimate of drug-likeness (QED) is 0.592. The Bertz CT molecular complexity index is 798. The van der Waals surface area contributed by atoms with Crippen molar-refractivity contribution in [2.24, 2.45) is 5.41 Å². The summed E-state index contributed by atoms with van der Waals surface area (Å²) >= 11 is 0. The maximum absolute atomic E-state index is 11.1. The number of rotatable bonds is 7. The molecule has 0 saturated heterocycles. The van der Waals surface area contributed by atoms with Gasteiger partial charge in [-0.15, -0.1) is 0 Å². The molecule has 0 spiro atoms. The normalized spacial score (nSPS) is 10.7. The van der Waals surface area contributed by atoms with Crippen LogP contribution >= 0.6 is 0 Å². The molecule has 0 fully saturated rings. The summed E-state index contributed by atoms with van der Waals surface area (Å²) in [6.45, 7) is 4.85. The van der Waals surface area contributed by atoms with Gasteiger partial charge >= 0.3 is 5.97 Å². The highest BCUT2D eigenvalue weighted by Gasteiger charge is 2.23. The number of benzene rings is 2. The smallest absolute Gasteiger partial charge is 0.321 e. The number of carbonyl (C=O) groups is 1. The lowest BCUT2D eigenvalue weighted by Crippen LogP contribution is -2.21. The van der Waals surface area contributed by atoms with Gasteiger partial charge in [0, 0.05) is 12.1 Å². The number of aliphatic carboxylic acids is 1. The zero-order valence-electron chi connectivity index (χ0n) is 15.5. The van der Waals surface area contributed by atoms with Crippen molar-refractivity contribution in [3.63, 3.8) is 0 Å². The fourth-order valence-electron chi connectivity index (χ4n) is 2.28. The van der Waals surface area contributed by atoms with Crippen LogP contribution in [0.4, 0.5) is 0 Å². The van der Waals surface area contributed by atoms with Gasteiger partial charge in [-0.1, -0.05) is 36.1 Å². The van der Waals surface area contributed by atoms with Gasteiger partial charge in [0.1, 0.15) is 11.2 Å². The first-order valence-electron chi connectivity index (χ1n) is 8.60. The van der Waals surface area contributed by atoms with Gasteiger partial charge < -0.3 is 15.2 Å². The van der Waals surface area contributed by atoms with Crippen LogP contribution in [0, 0.1) is 17.3 Å². The van der Waals surface area contributed by atoms with E-state index in [-0.39, 0.29) is 0 Å². The molecule has 0 bridgehead atoms. The summed E-state index contributed by atoms with van der Waals surface area (Å²) in [7, 11) is 1.67. The minimum Gasteiger partial charge on any atom is -0.497 e. The summed E-state index contributed by atoms with van der Waals surface area (Å²) in [4.78, 5) is 11.1. The molecule has 0 aliphatic carbocycles. The van der Waals surface area contributed by atoms with Gasteiger partial charge in [0.25, 0.3) is 0 Å². The molecule has 0 saturated carbocycles. The minimum absolute atomic E-state index is 0.776. The van der Waals surface area contributed by atoms with E-state index < -0.39 is 11.4 Å². The third-order valence-corrected chi connectivity index (χ3v) is 4.06. The second-order valence-electron chi connectivity index (χ2n) is 6.66. The zero-order chi connectivity index (χ0) is 19.0. The van der Waals surface area contributed by atoms with E-state index in [0.717, 1.165) is 30.8 Å². The van der Waals surface area contributed by atoms with Gasteiger partial charge in [0.05, 0.1) is 7.11 Å². The molecule has 2 aromatic rings. The van der Waals surface area contributed by atoms with Crippen molar-refractivity contribution >= 4 is 5.97 Å². The van der Waals surface area contributed by atoms with Crippen molar-refractivity contribution in [1.82, 2.24) is 5.32 Å². The van der Waals surface area contributed by atoms with Gasteiger partial charge in [-0.3, -0.25) is 4.79 Å². The highest BCUT2D eigenvalue weighted by Crippen LogP contribution is 2.14. The van der Waals surface area contributed by atoms with E-state index in [9.17, 15) is 4.79 Å². The molecule has 26 heavy (non-hydrogen) atoms. The van der Waals surface area contributed by atoms with Crippen LogP contribution in [-0.4, -0.2) is 24.7 Å². The topological polar surface area (TPSA) is 58.6 Å². The summed E-state index contributed by atoms with van der Waals surface area (Å²) in [6.07, 6.45) is 0.936. The average molecular weight is 351 g/mol. The molecule has 2 aromatic carbocycles. The van der Waals surface area contributed by atoms with Crippen LogP contribution in [0.15, 0.2) is 48.5 Å². The third kappa shape index (κ3) is 5.94. The lowest BCUT2D eigenvalue weighted by Gasteiger charge is -2.09. The Hall–Kier alpha value is -2.77. The lowest BCUT2D eigenvalue weighted by atomic mass is 9.94. The molecule has 0 atom stereocenters. The minimum atomic E-state index is -1.04. The highest BCUT2D eigenvalue weighted by atomic mass is 16.5.